The molecule has 2 rings (SSSR count). The Hall–Kier alpha value is -2.28. The van der Waals surface area contributed by atoms with Gasteiger partial charge in [-0.25, -0.2) is 4.79 Å². The topological polar surface area (TPSA) is 84.0 Å². The van der Waals surface area contributed by atoms with Crippen LogP contribution in [0.5, 0.6) is 0 Å². The summed E-state index contributed by atoms with van der Waals surface area (Å²) in [5, 5.41) is 9.50. The number of nitrogens with zero attached hydrogens (tertiary/aromatic N) is 1. The van der Waals surface area contributed by atoms with Gasteiger partial charge in [-0.2, -0.15) is 0 Å². The molecule has 31 heavy (non-hydrogen) atoms. The molecule has 174 valence electrons. The third kappa shape index (κ3) is 8.40. The maximum atomic E-state index is 11.7. The van der Waals surface area contributed by atoms with Crippen LogP contribution in [-0.2, 0) is 14.9 Å². The van der Waals surface area contributed by atoms with E-state index < -0.39 is 5.60 Å². The van der Waals surface area contributed by atoms with E-state index in [2.05, 4.69) is 54.1 Å². The van der Waals surface area contributed by atoms with Gasteiger partial charge in [0.15, 0.2) is 5.96 Å². The van der Waals surface area contributed by atoms with Gasteiger partial charge in [0.25, 0.3) is 0 Å². The lowest BCUT2D eigenvalue weighted by molar-refractivity contribution is 0.0523. The molecule has 1 amide bonds. The van der Waals surface area contributed by atoms with Gasteiger partial charge in [0, 0.05) is 38.3 Å². The summed E-state index contributed by atoms with van der Waals surface area (Å²) in [6.45, 7) is 14.1. The quantitative estimate of drug-likeness (QED) is 0.333. The van der Waals surface area contributed by atoms with Gasteiger partial charge in [-0.3, -0.25) is 4.99 Å². The van der Waals surface area contributed by atoms with Gasteiger partial charge in [-0.05, 0) is 65.0 Å². The molecular weight excluding hydrogens is 392 g/mol. The standard InChI is InChI=1S/C24H40N4O3/c1-6-25-21(26-14-9-15-27-22(29)31-23(3,4)5)28-18-24(12-16-30-17-13-24)20-11-8-7-10-19(20)2/h7-8,10-11H,6,9,12-18H2,1-5H3,(H,27,29)(H2,25,26,28). The van der Waals surface area contributed by atoms with Gasteiger partial charge >= 0.3 is 6.09 Å². The molecule has 0 bridgehead atoms. The van der Waals surface area contributed by atoms with Crippen molar-refractivity contribution in [3.63, 3.8) is 0 Å². The number of rotatable bonds is 8. The molecule has 1 aromatic carbocycles. The van der Waals surface area contributed by atoms with Gasteiger partial charge in [-0.15, -0.1) is 0 Å². The molecule has 7 nitrogen and oxygen atoms in total. The minimum atomic E-state index is -0.482. The summed E-state index contributed by atoms with van der Waals surface area (Å²) in [7, 11) is 0. The predicted molar refractivity (Wildman–Crippen MR) is 126 cm³/mol. The molecule has 1 heterocycles. The van der Waals surface area contributed by atoms with Crippen molar-refractivity contribution in [2.45, 2.75) is 64.9 Å². The van der Waals surface area contributed by atoms with Gasteiger partial charge in [-0.1, -0.05) is 24.3 Å². The van der Waals surface area contributed by atoms with E-state index in [0.717, 1.165) is 45.0 Å². The second kappa shape index (κ2) is 11.9. The van der Waals surface area contributed by atoms with Gasteiger partial charge < -0.3 is 25.4 Å². The SMILES string of the molecule is CCNC(=NCC1(c2ccccc2C)CCOCC1)NCCCNC(=O)OC(C)(C)C. The molecule has 0 aromatic heterocycles. The van der Waals surface area contributed by atoms with Crippen molar-refractivity contribution < 1.29 is 14.3 Å². The average Bonchev–Trinajstić information content (AvgIpc) is 2.71. The smallest absolute Gasteiger partial charge is 0.407 e. The molecule has 3 N–H and O–H groups in total. The zero-order valence-electron chi connectivity index (χ0n) is 19.8. The van der Waals surface area contributed by atoms with Gasteiger partial charge in [0.1, 0.15) is 5.60 Å². The van der Waals surface area contributed by atoms with Crippen molar-refractivity contribution in [3.05, 3.63) is 35.4 Å². The third-order valence-electron chi connectivity index (χ3n) is 5.36. The number of alkyl carbamates (subject to hydrolysis) is 1. The van der Waals surface area contributed by atoms with Crippen molar-refractivity contribution in [3.8, 4) is 0 Å². The minimum Gasteiger partial charge on any atom is -0.444 e. The Balaban J connectivity index is 1.93. The van der Waals surface area contributed by atoms with E-state index in [4.69, 9.17) is 14.5 Å². The molecule has 1 aliphatic heterocycles. The van der Waals surface area contributed by atoms with E-state index in [-0.39, 0.29) is 11.5 Å². The monoisotopic (exact) mass is 432 g/mol. The highest BCUT2D eigenvalue weighted by Crippen LogP contribution is 2.37. The predicted octanol–water partition coefficient (Wildman–Crippen LogP) is 3.51. The van der Waals surface area contributed by atoms with Crippen molar-refractivity contribution in [2.75, 3.05) is 39.4 Å². The number of guanidine groups is 1. The van der Waals surface area contributed by atoms with Gasteiger partial charge in [0.2, 0.25) is 0 Å². The number of carbonyl (C=O) groups is 1. The minimum absolute atomic E-state index is 0.00418. The first-order valence-corrected chi connectivity index (χ1v) is 11.4. The molecule has 0 radical (unpaired) electrons. The first-order chi connectivity index (χ1) is 14.8. The number of carbonyl (C=O) groups excluding carboxylic acids is 1. The van der Waals surface area contributed by atoms with Crippen LogP contribution in [0.2, 0.25) is 0 Å². The average molecular weight is 433 g/mol. The molecule has 0 spiro atoms. The van der Waals surface area contributed by atoms with Crippen LogP contribution in [0, 0.1) is 6.92 Å². The number of hydrogen-bond acceptors (Lipinski definition) is 4. The van der Waals surface area contributed by atoms with Crippen LogP contribution >= 0.6 is 0 Å². The zero-order valence-corrected chi connectivity index (χ0v) is 19.8. The number of hydrogen-bond donors (Lipinski definition) is 3. The number of aryl methyl sites for hydroxylation is 1. The lowest BCUT2D eigenvalue weighted by Crippen LogP contribution is -2.42. The zero-order chi connectivity index (χ0) is 22.7. The van der Waals surface area contributed by atoms with Crippen LogP contribution in [0.3, 0.4) is 0 Å². The van der Waals surface area contributed by atoms with Crippen molar-refractivity contribution in [1.29, 1.82) is 0 Å². The number of ether oxygens (including phenoxy) is 2. The number of nitrogens with one attached hydrogen (secondary N) is 3. The van der Waals surface area contributed by atoms with Crippen LogP contribution in [0.25, 0.3) is 0 Å². The molecule has 1 aromatic rings. The summed E-state index contributed by atoms with van der Waals surface area (Å²) < 4.78 is 10.9. The first kappa shape index (κ1) is 25.0. The lowest BCUT2D eigenvalue weighted by Gasteiger charge is -2.37. The van der Waals surface area contributed by atoms with E-state index >= 15 is 0 Å². The Morgan fingerprint density at radius 2 is 1.81 bits per heavy atom. The summed E-state index contributed by atoms with van der Waals surface area (Å²) in [6.07, 6.45) is 2.34. The third-order valence-corrected chi connectivity index (χ3v) is 5.36. The fraction of sp³-hybridized carbons (Fsp3) is 0.667. The number of amides is 1. The maximum absolute atomic E-state index is 11.7. The van der Waals surface area contributed by atoms with E-state index in [1.165, 1.54) is 11.1 Å². The van der Waals surface area contributed by atoms with E-state index in [1.54, 1.807) is 0 Å². The van der Waals surface area contributed by atoms with Crippen molar-refractivity contribution in [2.24, 2.45) is 4.99 Å². The Labute approximate surface area is 187 Å². The second-order valence-corrected chi connectivity index (χ2v) is 9.11. The molecule has 0 atom stereocenters. The molecule has 7 heteroatoms. The summed E-state index contributed by atoms with van der Waals surface area (Å²) in [6, 6.07) is 8.62. The van der Waals surface area contributed by atoms with Crippen LogP contribution in [-0.4, -0.2) is 57.0 Å². The van der Waals surface area contributed by atoms with Crippen LogP contribution in [0.1, 0.15) is 58.1 Å². The fourth-order valence-corrected chi connectivity index (χ4v) is 3.81. The highest BCUT2D eigenvalue weighted by molar-refractivity contribution is 5.79. The molecule has 0 unspecified atom stereocenters. The molecule has 0 aliphatic carbocycles. The molecule has 0 saturated carbocycles. The summed E-state index contributed by atoms with van der Waals surface area (Å²) in [5.74, 6) is 0.805. The van der Waals surface area contributed by atoms with Crippen LogP contribution in [0.15, 0.2) is 29.3 Å². The Morgan fingerprint density at radius 3 is 2.45 bits per heavy atom. The normalized spacial score (nSPS) is 16.5. The number of aliphatic imine (C=N–C) groups is 1. The molecular formula is C24H40N4O3. The number of benzene rings is 1. The van der Waals surface area contributed by atoms with Crippen LogP contribution < -0.4 is 16.0 Å². The fourth-order valence-electron chi connectivity index (χ4n) is 3.81. The Bertz CT molecular complexity index is 722. The molecule has 1 saturated heterocycles. The summed E-state index contributed by atoms with van der Waals surface area (Å²) >= 11 is 0. The lowest BCUT2D eigenvalue weighted by atomic mass is 9.72. The summed E-state index contributed by atoms with van der Waals surface area (Å²) in [5.41, 5.74) is 2.21. The van der Waals surface area contributed by atoms with Crippen molar-refractivity contribution >= 4 is 12.1 Å². The Morgan fingerprint density at radius 1 is 1.13 bits per heavy atom. The largest absolute Gasteiger partial charge is 0.444 e. The first-order valence-electron chi connectivity index (χ1n) is 11.4. The Kier molecular flexibility index (Phi) is 9.62. The maximum Gasteiger partial charge on any atom is 0.407 e. The highest BCUT2D eigenvalue weighted by atomic mass is 16.6. The summed E-state index contributed by atoms with van der Waals surface area (Å²) in [4.78, 5) is 16.7. The van der Waals surface area contributed by atoms with Crippen LogP contribution in [0.4, 0.5) is 4.79 Å². The second-order valence-electron chi connectivity index (χ2n) is 9.11. The highest BCUT2D eigenvalue weighted by Gasteiger charge is 2.35. The van der Waals surface area contributed by atoms with E-state index in [0.29, 0.717) is 19.6 Å². The van der Waals surface area contributed by atoms with Crippen molar-refractivity contribution in [1.82, 2.24) is 16.0 Å². The molecule has 1 aliphatic rings. The molecule has 1 fully saturated rings. The van der Waals surface area contributed by atoms with E-state index in [1.807, 2.05) is 20.8 Å². The van der Waals surface area contributed by atoms with Gasteiger partial charge in [0.05, 0.1) is 6.54 Å². The van der Waals surface area contributed by atoms with E-state index in [9.17, 15) is 4.79 Å².